The zero-order chi connectivity index (χ0) is 49.4. The molecule has 380 valence electrons. The van der Waals surface area contributed by atoms with Gasteiger partial charge in [-0.25, -0.2) is 4.79 Å². The predicted molar refractivity (Wildman–Crippen MR) is 249 cm³/mol. The molecule has 0 aliphatic carbocycles. The maximum atomic E-state index is 13.0. The molecule has 1 atom stereocenters. The summed E-state index contributed by atoms with van der Waals surface area (Å²) in [7, 11) is 0. The van der Waals surface area contributed by atoms with E-state index >= 15 is 0 Å². The highest BCUT2D eigenvalue weighted by Gasteiger charge is 2.20. The van der Waals surface area contributed by atoms with Gasteiger partial charge in [0.05, 0.1) is 70.8 Å². The summed E-state index contributed by atoms with van der Waals surface area (Å²) in [5.41, 5.74) is 0. The van der Waals surface area contributed by atoms with Crippen molar-refractivity contribution >= 4 is 76.8 Å². The van der Waals surface area contributed by atoms with Crippen LogP contribution < -0.4 is 31.9 Å². The van der Waals surface area contributed by atoms with Gasteiger partial charge in [-0.1, -0.05) is 27.7 Å². The van der Waals surface area contributed by atoms with Gasteiger partial charge < -0.3 is 66.0 Å². The van der Waals surface area contributed by atoms with Gasteiger partial charge in [0.25, 0.3) is 0 Å². The number of aliphatic carboxylic acids is 2. The molecule has 22 nitrogen and oxygen atoms in total. The van der Waals surface area contributed by atoms with Crippen LogP contribution in [0.1, 0.15) is 85.5 Å². The van der Waals surface area contributed by atoms with Crippen LogP contribution in [-0.2, 0) is 62.1 Å². The Morgan fingerprint density at radius 2 is 0.894 bits per heavy atom. The summed E-state index contributed by atoms with van der Waals surface area (Å²) in [5, 5.41) is 34.6. The van der Waals surface area contributed by atoms with Crippen molar-refractivity contribution in [3.8, 4) is 0 Å². The van der Waals surface area contributed by atoms with E-state index < -0.39 is 23.9 Å². The lowest BCUT2D eigenvalue weighted by Crippen LogP contribution is -2.43. The number of carbonyl (C=O) groups is 9. The van der Waals surface area contributed by atoms with Crippen LogP contribution in [-0.4, -0.2) is 195 Å². The summed E-state index contributed by atoms with van der Waals surface area (Å²) in [6, 6.07) is -1.13. The Bertz CT molecular complexity index is 1420. The quantitative estimate of drug-likeness (QED) is 0.0370. The molecule has 0 unspecified atom stereocenters. The smallest absolute Gasteiger partial charge is 0.326 e. The number of hydrogen-bond acceptors (Lipinski definition) is 15. The molecular weight excluding hydrogens is 907 g/mol. The number of nitrogens with one attached hydrogen (secondary N) is 6. The number of carboxylic acids is 2. The molecule has 0 heterocycles. The summed E-state index contributed by atoms with van der Waals surface area (Å²) < 4.78 is 21.7. The first-order valence-corrected chi connectivity index (χ1v) is 24.5. The number of rotatable bonds is 43. The Labute approximate surface area is 397 Å². The summed E-state index contributed by atoms with van der Waals surface area (Å²) in [6.45, 7) is 11.8. The van der Waals surface area contributed by atoms with E-state index in [9.17, 15) is 48.3 Å². The van der Waals surface area contributed by atoms with Crippen LogP contribution in [0.15, 0.2) is 0 Å². The maximum Gasteiger partial charge on any atom is 0.326 e. The highest BCUT2D eigenvalue weighted by atomic mass is 32.2. The van der Waals surface area contributed by atoms with Crippen molar-refractivity contribution < 1.29 is 72.3 Å². The lowest BCUT2D eigenvalue weighted by Gasteiger charge is -2.23. The van der Waals surface area contributed by atoms with Crippen LogP contribution in [0.3, 0.4) is 0 Å². The number of amides is 7. The van der Waals surface area contributed by atoms with Crippen molar-refractivity contribution in [2.45, 2.75) is 102 Å². The van der Waals surface area contributed by atoms with Crippen LogP contribution in [0.5, 0.6) is 0 Å². The highest BCUT2D eigenvalue weighted by Crippen LogP contribution is 2.09. The molecule has 0 aromatic rings. The number of carbonyl (C=O) groups excluding carboxylic acids is 7. The Hall–Kier alpha value is -4.23. The second kappa shape index (κ2) is 41.0. The first kappa shape index (κ1) is 61.8. The van der Waals surface area contributed by atoms with Gasteiger partial charge in [-0.05, 0) is 29.8 Å². The molecule has 0 aliphatic heterocycles. The number of hydrogen-bond donors (Lipinski definition) is 8. The van der Waals surface area contributed by atoms with Crippen LogP contribution >= 0.6 is 23.5 Å². The molecule has 8 N–H and O–H groups in total. The van der Waals surface area contributed by atoms with E-state index in [-0.39, 0.29) is 166 Å². The van der Waals surface area contributed by atoms with Gasteiger partial charge in [0.15, 0.2) is 0 Å². The summed E-state index contributed by atoms with van der Waals surface area (Å²) in [4.78, 5) is 109. The topological polar surface area (TPSA) is 306 Å². The second-order valence-corrected chi connectivity index (χ2v) is 18.3. The van der Waals surface area contributed by atoms with E-state index in [0.717, 1.165) is 0 Å². The van der Waals surface area contributed by atoms with E-state index in [4.69, 9.17) is 24.1 Å². The molecule has 0 saturated heterocycles. The van der Waals surface area contributed by atoms with Crippen LogP contribution in [0.25, 0.3) is 0 Å². The molecule has 0 aromatic carbocycles. The summed E-state index contributed by atoms with van der Waals surface area (Å²) in [6.07, 6.45) is 0.561. The fraction of sp³-hybridized carbons (Fsp3) is 0.786. The number of carboxylic acid groups (broad SMARTS) is 2. The van der Waals surface area contributed by atoms with Crippen molar-refractivity contribution in [2.75, 3.05) is 110 Å². The van der Waals surface area contributed by atoms with Crippen molar-refractivity contribution in [3.63, 3.8) is 0 Å². The monoisotopic (exact) mass is 981 g/mol. The Morgan fingerprint density at radius 1 is 0.470 bits per heavy atom. The minimum Gasteiger partial charge on any atom is -0.481 e. The molecule has 0 saturated carbocycles. The number of unbranched alkanes of at least 4 members (excludes halogenated alkanes) is 1. The summed E-state index contributed by atoms with van der Waals surface area (Å²) in [5.74, 6) is -3.63. The van der Waals surface area contributed by atoms with Gasteiger partial charge in [-0.2, -0.15) is 0 Å². The molecule has 0 aliphatic rings. The molecule has 66 heavy (non-hydrogen) atoms. The van der Waals surface area contributed by atoms with Crippen LogP contribution in [0, 0.1) is 0 Å². The normalized spacial score (nSPS) is 11.4. The van der Waals surface area contributed by atoms with Gasteiger partial charge in [-0.3, -0.25) is 38.4 Å². The average molecular weight is 982 g/mol. The molecule has 0 bridgehead atoms. The molecule has 24 heteroatoms. The Morgan fingerprint density at radius 3 is 1.35 bits per heavy atom. The van der Waals surface area contributed by atoms with Gasteiger partial charge >= 0.3 is 11.9 Å². The van der Waals surface area contributed by atoms with Gasteiger partial charge in [0.1, 0.15) is 6.04 Å². The second-order valence-electron chi connectivity index (χ2n) is 15.1. The molecule has 0 radical (unpaired) electrons. The third kappa shape index (κ3) is 40.1. The van der Waals surface area contributed by atoms with E-state index in [0.29, 0.717) is 47.9 Å². The highest BCUT2D eigenvalue weighted by molar-refractivity contribution is 8.00. The number of ether oxygens (including phenoxy) is 4. The minimum atomic E-state index is -1.22. The first-order valence-electron chi connectivity index (χ1n) is 22.4. The van der Waals surface area contributed by atoms with Crippen molar-refractivity contribution in [1.29, 1.82) is 0 Å². The zero-order valence-electron chi connectivity index (χ0n) is 39.1. The van der Waals surface area contributed by atoms with Gasteiger partial charge in [-0.15, -0.1) is 23.5 Å². The maximum absolute atomic E-state index is 13.0. The largest absolute Gasteiger partial charge is 0.481 e. The first-order chi connectivity index (χ1) is 31.5. The van der Waals surface area contributed by atoms with E-state index in [1.54, 1.807) is 0 Å². The predicted octanol–water partition coefficient (Wildman–Crippen LogP) is -0.0895. The molecule has 7 amide bonds. The van der Waals surface area contributed by atoms with Crippen molar-refractivity contribution in [2.24, 2.45) is 0 Å². The standard InChI is InChI=1S/C42H75N7O15S2/c1-31(2)65-29-38(54)44-15-19-49(20-16-45-39(55)30-66-32(3)4)40(56)10-8-34(50)46-17-23-63-27-26-62-22-13-36(52)47-18-24-64-28-25-61-21-12-35(51)43-14-6-5-7-33(42(59)60)48-37(53)9-11-41(57)58/h31-33H,5-30H2,1-4H3,(H,43,51)(H,44,54)(H,45,55)(H,46,50)(H,47,52)(H,48,53)(H,57,58)(H,59,60)/t33-/m0/s1. The van der Waals surface area contributed by atoms with Crippen LogP contribution in [0.2, 0.25) is 0 Å². The number of thioether (sulfide) groups is 2. The SMILES string of the molecule is CC(C)SCC(=O)NCCN(CCNC(=O)CSC(C)C)C(=O)CCC(=O)NCCOCCOCCC(=O)NCCOCCOCCC(=O)NCCCC[C@H](NC(=O)CCC(=O)O)C(=O)O. The fourth-order valence-corrected chi connectivity index (χ4v) is 6.37. The third-order valence-corrected chi connectivity index (χ3v) is 10.9. The van der Waals surface area contributed by atoms with E-state index in [1.807, 2.05) is 27.7 Å². The lowest BCUT2D eigenvalue weighted by molar-refractivity contribution is -0.142. The van der Waals surface area contributed by atoms with E-state index in [2.05, 4.69) is 31.9 Å². The van der Waals surface area contributed by atoms with Gasteiger partial charge in [0, 0.05) is 77.9 Å². The van der Waals surface area contributed by atoms with Crippen molar-refractivity contribution in [1.82, 2.24) is 36.8 Å². The lowest BCUT2D eigenvalue weighted by atomic mass is 10.1. The van der Waals surface area contributed by atoms with Gasteiger partial charge in [0.2, 0.25) is 41.4 Å². The number of nitrogens with zero attached hydrogens (tertiary/aromatic N) is 1. The minimum absolute atomic E-state index is 0.0299. The Kier molecular flexibility index (Phi) is 38.4. The van der Waals surface area contributed by atoms with E-state index in [1.165, 1.54) is 28.4 Å². The average Bonchev–Trinajstić information content (AvgIpc) is 3.26. The Balaban J connectivity index is 3.95. The third-order valence-electron chi connectivity index (χ3n) is 8.69. The molecular formula is C42H75N7O15S2. The molecule has 0 spiro atoms. The summed E-state index contributed by atoms with van der Waals surface area (Å²) >= 11 is 3.04. The van der Waals surface area contributed by atoms with Crippen molar-refractivity contribution in [3.05, 3.63) is 0 Å². The molecule has 0 rings (SSSR count). The zero-order valence-corrected chi connectivity index (χ0v) is 40.7. The molecule has 0 aromatic heterocycles. The fourth-order valence-electron chi connectivity index (χ4n) is 5.20. The van der Waals surface area contributed by atoms with Crippen LogP contribution in [0.4, 0.5) is 0 Å². The molecule has 0 fully saturated rings.